The minimum absolute atomic E-state index is 0.0239. The molecule has 3 aliphatic rings. The third-order valence-corrected chi connectivity index (χ3v) is 8.23. The first-order valence-electron chi connectivity index (χ1n) is 12.6. The molecule has 0 atom stereocenters. The Morgan fingerprint density at radius 3 is 2.25 bits per heavy atom. The number of nitrogens with zero attached hydrogens (tertiary/aromatic N) is 6. The van der Waals surface area contributed by atoms with Crippen molar-refractivity contribution in [2.75, 3.05) is 63.2 Å². The number of aromatic nitrogens is 2. The Hall–Kier alpha value is -3.24. The van der Waals surface area contributed by atoms with Crippen LogP contribution in [0.25, 0.3) is 0 Å². The largest absolute Gasteiger partial charge is 0.480 e. The summed E-state index contributed by atoms with van der Waals surface area (Å²) in [5, 5.41) is 12.3. The second-order valence-corrected chi connectivity index (χ2v) is 10.5. The number of hydrogen-bond donors (Lipinski definition) is 2. The van der Waals surface area contributed by atoms with Gasteiger partial charge in [-0.2, -0.15) is 0 Å². The Kier molecular flexibility index (Phi) is 6.57. The minimum Gasteiger partial charge on any atom is -0.480 e. The average molecular weight is 494 g/mol. The number of carbonyl (C=O) groups excluding carboxylic acids is 1. The number of anilines is 2. The van der Waals surface area contributed by atoms with Crippen LogP contribution >= 0.6 is 0 Å². The van der Waals surface area contributed by atoms with Crippen LogP contribution in [0.2, 0.25) is 0 Å². The van der Waals surface area contributed by atoms with Gasteiger partial charge >= 0.3 is 12.0 Å². The molecule has 1 aromatic carbocycles. The van der Waals surface area contributed by atoms with Crippen LogP contribution < -0.4 is 15.1 Å². The number of amides is 2. The molecule has 36 heavy (non-hydrogen) atoms. The second kappa shape index (κ2) is 9.67. The van der Waals surface area contributed by atoms with E-state index in [1.807, 2.05) is 4.90 Å². The molecule has 3 heterocycles. The lowest BCUT2D eigenvalue weighted by molar-refractivity contribution is -0.138. The van der Waals surface area contributed by atoms with Crippen LogP contribution in [0.1, 0.15) is 31.2 Å². The van der Waals surface area contributed by atoms with Crippen LogP contribution in [0.4, 0.5) is 16.4 Å². The Labute approximate surface area is 211 Å². The number of carbonyl (C=O) groups is 2. The van der Waals surface area contributed by atoms with Gasteiger partial charge in [0.25, 0.3) is 0 Å². The number of urea groups is 1. The third kappa shape index (κ3) is 4.62. The maximum absolute atomic E-state index is 13.0. The monoisotopic (exact) mass is 493 g/mol. The van der Waals surface area contributed by atoms with Crippen molar-refractivity contribution < 1.29 is 14.7 Å². The zero-order valence-corrected chi connectivity index (χ0v) is 21.1. The Bertz CT molecular complexity index is 1080. The summed E-state index contributed by atoms with van der Waals surface area (Å²) in [6.07, 6.45) is 7.20. The molecule has 0 bridgehead atoms. The molecule has 1 aromatic heterocycles. The van der Waals surface area contributed by atoms with Gasteiger partial charge in [-0.3, -0.25) is 19.5 Å². The van der Waals surface area contributed by atoms with Gasteiger partial charge in [0.2, 0.25) is 5.95 Å². The number of carboxylic acid groups (broad SMARTS) is 1. The first-order valence-corrected chi connectivity index (χ1v) is 12.6. The molecular formula is C26H35N7O3. The van der Waals surface area contributed by atoms with Crippen molar-refractivity contribution in [1.29, 1.82) is 0 Å². The van der Waals surface area contributed by atoms with Gasteiger partial charge in [0, 0.05) is 31.7 Å². The number of hydrogen-bond acceptors (Lipinski definition) is 7. The minimum atomic E-state index is -0.809. The van der Waals surface area contributed by atoms with Crippen LogP contribution in [0.3, 0.4) is 0 Å². The molecule has 3 fully saturated rings. The van der Waals surface area contributed by atoms with E-state index >= 15 is 0 Å². The molecule has 2 aliphatic heterocycles. The van der Waals surface area contributed by atoms with Crippen LogP contribution in [-0.4, -0.2) is 95.8 Å². The van der Waals surface area contributed by atoms with Gasteiger partial charge in [0.15, 0.2) is 0 Å². The van der Waals surface area contributed by atoms with E-state index in [1.54, 1.807) is 17.3 Å². The molecule has 10 heteroatoms. The molecule has 1 spiro atoms. The summed E-state index contributed by atoms with van der Waals surface area (Å²) in [5.74, 6) is -0.199. The highest BCUT2D eigenvalue weighted by Gasteiger charge is 2.50. The molecular weight excluding hydrogens is 458 g/mol. The van der Waals surface area contributed by atoms with E-state index in [2.05, 4.69) is 69.5 Å². The third-order valence-electron chi connectivity index (χ3n) is 8.23. The SMILES string of the molecule is CN(C)[C@]1(c2ccccc2)CC[C@@]2(CC1)CN(c1cnc(N3CCN(CC(=O)O)CC3)nc1)C(=O)N2. The van der Waals surface area contributed by atoms with E-state index in [1.165, 1.54) is 5.56 Å². The van der Waals surface area contributed by atoms with Gasteiger partial charge in [-0.05, 0) is 45.3 Å². The number of rotatable bonds is 6. The Balaban J connectivity index is 1.23. The molecule has 2 saturated heterocycles. The second-order valence-electron chi connectivity index (χ2n) is 10.5. The lowest BCUT2D eigenvalue weighted by Crippen LogP contribution is -2.54. The molecule has 2 aromatic rings. The van der Waals surface area contributed by atoms with Gasteiger partial charge in [-0.15, -0.1) is 0 Å². The molecule has 2 amide bonds. The fourth-order valence-electron chi connectivity index (χ4n) is 6.00. The molecule has 10 nitrogen and oxygen atoms in total. The summed E-state index contributed by atoms with van der Waals surface area (Å²) < 4.78 is 0. The molecule has 1 saturated carbocycles. The molecule has 0 radical (unpaired) electrons. The van der Waals surface area contributed by atoms with Crippen LogP contribution in [-0.2, 0) is 10.3 Å². The summed E-state index contributed by atoms with van der Waals surface area (Å²) in [4.78, 5) is 41.1. The predicted molar refractivity (Wildman–Crippen MR) is 137 cm³/mol. The summed E-state index contributed by atoms with van der Waals surface area (Å²) in [5.41, 5.74) is 1.76. The molecule has 2 N–H and O–H groups in total. The fraction of sp³-hybridized carbons (Fsp3) is 0.538. The lowest BCUT2D eigenvalue weighted by Gasteiger charge is -2.48. The zero-order chi connectivity index (χ0) is 25.3. The van der Waals surface area contributed by atoms with Crippen molar-refractivity contribution in [2.24, 2.45) is 0 Å². The highest BCUT2D eigenvalue weighted by molar-refractivity contribution is 5.95. The number of piperazine rings is 1. The van der Waals surface area contributed by atoms with Crippen molar-refractivity contribution in [3.05, 3.63) is 48.3 Å². The highest BCUT2D eigenvalue weighted by Crippen LogP contribution is 2.46. The van der Waals surface area contributed by atoms with Gasteiger partial charge in [-0.1, -0.05) is 30.3 Å². The normalized spacial score (nSPS) is 27.0. The van der Waals surface area contributed by atoms with Gasteiger partial charge in [-0.25, -0.2) is 14.8 Å². The van der Waals surface area contributed by atoms with Crippen LogP contribution in [0.5, 0.6) is 0 Å². The maximum atomic E-state index is 13.0. The number of benzene rings is 1. The van der Waals surface area contributed by atoms with E-state index in [0.717, 1.165) is 25.7 Å². The summed E-state index contributed by atoms with van der Waals surface area (Å²) in [6.45, 7) is 3.34. The quantitative estimate of drug-likeness (QED) is 0.630. The average Bonchev–Trinajstić information content (AvgIpc) is 3.21. The topological polar surface area (TPSA) is 105 Å². The van der Waals surface area contributed by atoms with E-state index in [4.69, 9.17) is 5.11 Å². The summed E-state index contributed by atoms with van der Waals surface area (Å²) >= 11 is 0. The number of nitrogens with one attached hydrogen (secondary N) is 1. The fourth-order valence-corrected chi connectivity index (χ4v) is 6.00. The molecule has 5 rings (SSSR count). The standard InChI is InChI=1S/C26H35N7O3/c1-30(2)26(20-6-4-3-5-7-20)10-8-25(9-11-26)19-33(24(36)29-25)21-16-27-23(28-17-21)32-14-12-31(13-15-32)18-22(34)35/h3-7,16-17H,8-15,18-19H2,1-2H3,(H,29,36)(H,34,35)/t25-,26-. The van der Waals surface area contributed by atoms with Gasteiger partial charge in [0.05, 0.1) is 36.7 Å². The van der Waals surface area contributed by atoms with E-state index in [9.17, 15) is 9.59 Å². The van der Waals surface area contributed by atoms with Crippen molar-refractivity contribution in [3.8, 4) is 0 Å². The highest BCUT2D eigenvalue weighted by atomic mass is 16.4. The predicted octanol–water partition coefficient (Wildman–Crippen LogP) is 1.98. The van der Waals surface area contributed by atoms with Gasteiger partial charge in [0.1, 0.15) is 0 Å². The summed E-state index contributed by atoms with van der Waals surface area (Å²) in [6, 6.07) is 10.6. The van der Waals surface area contributed by atoms with E-state index < -0.39 is 5.97 Å². The number of aliphatic carboxylic acids is 1. The van der Waals surface area contributed by atoms with Crippen LogP contribution in [0, 0.1) is 0 Å². The molecule has 192 valence electrons. The van der Waals surface area contributed by atoms with E-state index in [0.29, 0.717) is 44.4 Å². The summed E-state index contributed by atoms with van der Waals surface area (Å²) in [7, 11) is 4.30. The van der Waals surface area contributed by atoms with Crippen molar-refractivity contribution in [3.63, 3.8) is 0 Å². The smallest absolute Gasteiger partial charge is 0.322 e. The van der Waals surface area contributed by atoms with Crippen LogP contribution in [0.15, 0.2) is 42.7 Å². The van der Waals surface area contributed by atoms with Gasteiger partial charge < -0.3 is 15.3 Å². The molecule has 1 aliphatic carbocycles. The van der Waals surface area contributed by atoms with Crippen molar-refractivity contribution in [2.45, 2.75) is 36.8 Å². The maximum Gasteiger partial charge on any atom is 0.322 e. The lowest BCUT2D eigenvalue weighted by atomic mass is 9.69. The first-order chi connectivity index (χ1) is 17.3. The first kappa shape index (κ1) is 24.5. The Morgan fingerprint density at radius 2 is 1.67 bits per heavy atom. The van der Waals surface area contributed by atoms with E-state index in [-0.39, 0.29) is 23.7 Å². The number of carboxylic acids is 1. The zero-order valence-electron chi connectivity index (χ0n) is 21.1. The molecule has 0 unspecified atom stereocenters. The van der Waals surface area contributed by atoms with Crippen molar-refractivity contribution >= 4 is 23.6 Å². The van der Waals surface area contributed by atoms with Crippen molar-refractivity contribution in [1.82, 2.24) is 25.1 Å². The Morgan fingerprint density at radius 1 is 1.03 bits per heavy atom.